The van der Waals surface area contributed by atoms with Gasteiger partial charge in [-0.05, 0) is 50.6 Å². The number of Topliss-reactive ketones (excluding diaryl/α,β-unsaturated/α-hetero) is 1. The summed E-state index contributed by atoms with van der Waals surface area (Å²) in [6.07, 6.45) is 0.454. The molecule has 0 aliphatic heterocycles. The number of aryl methyl sites for hydroxylation is 3. The van der Waals surface area contributed by atoms with Gasteiger partial charge >= 0.3 is 0 Å². The Hall–Kier alpha value is -1.66. The summed E-state index contributed by atoms with van der Waals surface area (Å²) in [5, 5.41) is 8.52. The van der Waals surface area contributed by atoms with Crippen LogP contribution in [0.2, 0.25) is 0 Å². The van der Waals surface area contributed by atoms with Gasteiger partial charge in [-0.1, -0.05) is 6.07 Å². The van der Waals surface area contributed by atoms with E-state index in [1.807, 2.05) is 31.9 Å². The van der Waals surface area contributed by atoms with Crippen LogP contribution < -0.4 is 0 Å². The molecule has 0 fully saturated rings. The van der Waals surface area contributed by atoms with Gasteiger partial charge in [0.05, 0.1) is 12.6 Å². The minimum absolute atomic E-state index is 0.121. The largest absolute Gasteiger partial charge is 0.298 e. The second-order valence-electron chi connectivity index (χ2n) is 4.82. The Morgan fingerprint density at radius 3 is 2.44 bits per heavy atom. The van der Waals surface area contributed by atoms with E-state index in [-0.39, 0.29) is 5.78 Å². The predicted octanol–water partition coefficient (Wildman–Crippen LogP) is 2.64. The van der Waals surface area contributed by atoms with Crippen molar-refractivity contribution in [2.75, 3.05) is 20.1 Å². The molecule has 0 aliphatic rings. The lowest BCUT2D eigenvalue weighted by Crippen LogP contribution is -2.27. The highest BCUT2D eigenvalue weighted by atomic mass is 16.1. The average molecular weight is 244 g/mol. The molecule has 0 aliphatic carbocycles. The van der Waals surface area contributed by atoms with Crippen molar-refractivity contribution >= 4 is 5.78 Å². The molecule has 0 heterocycles. The van der Waals surface area contributed by atoms with Crippen molar-refractivity contribution in [2.24, 2.45) is 0 Å². The Morgan fingerprint density at radius 1 is 1.22 bits per heavy atom. The van der Waals surface area contributed by atoms with Crippen LogP contribution in [-0.4, -0.2) is 30.8 Å². The van der Waals surface area contributed by atoms with E-state index in [0.29, 0.717) is 19.5 Å². The van der Waals surface area contributed by atoms with E-state index >= 15 is 0 Å². The maximum Gasteiger partial charge on any atom is 0.177 e. The smallest absolute Gasteiger partial charge is 0.177 e. The number of rotatable bonds is 5. The lowest BCUT2D eigenvalue weighted by molar-refractivity contribution is 0.0946. The Balaban J connectivity index is 2.79. The van der Waals surface area contributed by atoms with Crippen molar-refractivity contribution in [1.82, 2.24) is 4.90 Å². The number of benzene rings is 1. The second kappa shape index (κ2) is 6.32. The van der Waals surface area contributed by atoms with Gasteiger partial charge in [0, 0.05) is 18.5 Å². The quantitative estimate of drug-likeness (QED) is 0.748. The number of likely N-dealkylation sites (N-methyl/N-ethyl adjacent to an activating group) is 1. The first-order chi connectivity index (χ1) is 8.45. The van der Waals surface area contributed by atoms with Gasteiger partial charge in [0.25, 0.3) is 0 Å². The number of nitriles is 1. The zero-order valence-corrected chi connectivity index (χ0v) is 11.6. The highest BCUT2D eigenvalue weighted by Crippen LogP contribution is 2.16. The summed E-state index contributed by atoms with van der Waals surface area (Å²) in [5.41, 5.74) is 4.17. The molecule has 1 aromatic carbocycles. The van der Waals surface area contributed by atoms with E-state index in [9.17, 15) is 4.79 Å². The number of hydrogen-bond donors (Lipinski definition) is 0. The Labute approximate surface area is 109 Å². The van der Waals surface area contributed by atoms with E-state index in [0.717, 1.165) is 16.7 Å². The molecule has 3 heteroatoms. The zero-order valence-electron chi connectivity index (χ0n) is 11.6. The molecule has 0 saturated carbocycles. The molecule has 0 aromatic heterocycles. The summed E-state index contributed by atoms with van der Waals surface area (Å²) >= 11 is 0. The Morgan fingerprint density at radius 2 is 1.83 bits per heavy atom. The molecule has 0 spiro atoms. The Bertz CT molecular complexity index is 486. The standard InChI is InChI=1S/C15H20N2O/c1-11-8-13(3)14(9-12(11)2)15(18)10-17(4)7-5-6-16/h8-9H,5,7,10H2,1-4H3. The fraction of sp³-hybridized carbons (Fsp3) is 0.467. The highest BCUT2D eigenvalue weighted by molar-refractivity contribution is 5.99. The fourth-order valence-corrected chi connectivity index (χ4v) is 1.91. The maximum atomic E-state index is 12.2. The zero-order chi connectivity index (χ0) is 13.7. The molecule has 18 heavy (non-hydrogen) atoms. The predicted molar refractivity (Wildman–Crippen MR) is 72.7 cm³/mol. The fourth-order valence-electron chi connectivity index (χ4n) is 1.91. The van der Waals surface area contributed by atoms with Crippen molar-refractivity contribution in [2.45, 2.75) is 27.2 Å². The molecule has 1 aromatic rings. The van der Waals surface area contributed by atoms with E-state index in [1.54, 1.807) is 0 Å². The van der Waals surface area contributed by atoms with Gasteiger partial charge in [-0.2, -0.15) is 5.26 Å². The molecule has 3 nitrogen and oxygen atoms in total. The van der Waals surface area contributed by atoms with E-state index in [4.69, 9.17) is 5.26 Å². The molecular weight excluding hydrogens is 224 g/mol. The molecule has 0 bridgehead atoms. The second-order valence-corrected chi connectivity index (χ2v) is 4.82. The topological polar surface area (TPSA) is 44.1 Å². The molecular formula is C15H20N2O. The van der Waals surface area contributed by atoms with Crippen LogP contribution in [-0.2, 0) is 0 Å². The number of ketones is 1. The summed E-state index contributed by atoms with van der Waals surface area (Å²) in [6.45, 7) is 7.03. The van der Waals surface area contributed by atoms with E-state index in [1.165, 1.54) is 5.56 Å². The summed E-state index contributed by atoms with van der Waals surface area (Å²) < 4.78 is 0. The first kappa shape index (κ1) is 14.4. The van der Waals surface area contributed by atoms with Crippen LogP contribution in [0.3, 0.4) is 0 Å². The molecule has 0 amide bonds. The number of hydrogen-bond acceptors (Lipinski definition) is 3. The third-order valence-electron chi connectivity index (χ3n) is 3.16. The third kappa shape index (κ3) is 3.68. The summed E-state index contributed by atoms with van der Waals surface area (Å²) in [7, 11) is 1.87. The lowest BCUT2D eigenvalue weighted by Gasteiger charge is -2.15. The van der Waals surface area contributed by atoms with Crippen molar-refractivity contribution in [3.05, 3.63) is 34.4 Å². The first-order valence-electron chi connectivity index (χ1n) is 6.12. The van der Waals surface area contributed by atoms with Crippen LogP contribution in [0.1, 0.15) is 33.5 Å². The summed E-state index contributed by atoms with van der Waals surface area (Å²) in [6, 6.07) is 6.10. The van der Waals surface area contributed by atoms with Gasteiger partial charge in [-0.15, -0.1) is 0 Å². The van der Waals surface area contributed by atoms with Crippen LogP contribution in [0.25, 0.3) is 0 Å². The minimum Gasteiger partial charge on any atom is -0.298 e. The SMILES string of the molecule is Cc1cc(C)c(C(=O)CN(C)CCC#N)cc1C. The van der Waals surface area contributed by atoms with Gasteiger partial charge in [-0.25, -0.2) is 0 Å². The van der Waals surface area contributed by atoms with Gasteiger partial charge in [-0.3, -0.25) is 9.69 Å². The minimum atomic E-state index is 0.121. The number of nitrogens with zero attached hydrogens (tertiary/aromatic N) is 2. The first-order valence-corrected chi connectivity index (χ1v) is 6.12. The third-order valence-corrected chi connectivity index (χ3v) is 3.16. The monoisotopic (exact) mass is 244 g/mol. The molecule has 0 saturated heterocycles. The van der Waals surface area contributed by atoms with Crippen molar-refractivity contribution in [3.8, 4) is 6.07 Å². The van der Waals surface area contributed by atoms with Crippen LogP contribution >= 0.6 is 0 Å². The van der Waals surface area contributed by atoms with Crippen LogP contribution in [0.4, 0.5) is 0 Å². The van der Waals surface area contributed by atoms with Gasteiger partial charge < -0.3 is 0 Å². The van der Waals surface area contributed by atoms with Crippen molar-refractivity contribution < 1.29 is 4.79 Å². The molecule has 0 N–H and O–H groups in total. The van der Waals surface area contributed by atoms with Crippen LogP contribution in [0, 0.1) is 32.1 Å². The summed E-state index contributed by atoms with van der Waals surface area (Å²) in [4.78, 5) is 14.1. The number of carbonyl (C=O) groups excluding carboxylic acids is 1. The summed E-state index contributed by atoms with van der Waals surface area (Å²) in [5.74, 6) is 0.121. The molecule has 0 atom stereocenters. The van der Waals surface area contributed by atoms with E-state index in [2.05, 4.69) is 19.1 Å². The van der Waals surface area contributed by atoms with Crippen molar-refractivity contribution in [3.63, 3.8) is 0 Å². The maximum absolute atomic E-state index is 12.2. The molecule has 0 unspecified atom stereocenters. The molecule has 1 rings (SSSR count). The normalized spacial score (nSPS) is 10.4. The molecule has 96 valence electrons. The highest BCUT2D eigenvalue weighted by Gasteiger charge is 2.12. The van der Waals surface area contributed by atoms with Crippen molar-refractivity contribution in [1.29, 1.82) is 5.26 Å². The van der Waals surface area contributed by atoms with Crippen LogP contribution in [0.15, 0.2) is 12.1 Å². The average Bonchev–Trinajstić information content (AvgIpc) is 2.31. The van der Waals surface area contributed by atoms with Gasteiger partial charge in [0.2, 0.25) is 0 Å². The van der Waals surface area contributed by atoms with Crippen LogP contribution in [0.5, 0.6) is 0 Å². The van der Waals surface area contributed by atoms with E-state index < -0.39 is 0 Å². The lowest BCUT2D eigenvalue weighted by atomic mass is 9.98. The number of carbonyl (C=O) groups is 1. The van der Waals surface area contributed by atoms with Gasteiger partial charge in [0.1, 0.15) is 0 Å². The Kier molecular flexibility index (Phi) is 5.06. The molecule has 0 radical (unpaired) electrons. The van der Waals surface area contributed by atoms with Gasteiger partial charge in [0.15, 0.2) is 5.78 Å².